The van der Waals surface area contributed by atoms with Gasteiger partial charge in [-0.2, -0.15) is 13.2 Å². The fraction of sp³-hybridized carbons (Fsp3) is 0.0714. The molecular formula is C14H10BrF3N2O. The second kappa shape index (κ2) is 5.77. The van der Waals surface area contributed by atoms with E-state index in [9.17, 15) is 13.2 Å². The molecule has 0 saturated heterocycles. The molecule has 0 fully saturated rings. The summed E-state index contributed by atoms with van der Waals surface area (Å²) < 4.78 is 44.3. The van der Waals surface area contributed by atoms with Gasteiger partial charge < -0.3 is 10.5 Å². The average Bonchev–Trinajstić information content (AvgIpc) is 2.37. The van der Waals surface area contributed by atoms with Crippen molar-refractivity contribution in [3.8, 4) is 11.5 Å². The molecule has 3 N–H and O–H groups in total. The number of nitrogens with two attached hydrogens (primary N) is 1. The van der Waals surface area contributed by atoms with Gasteiger partial charge in [-0.15, -0.1) is 0 Å². The first-order valence-corrected chi connectivity index (χ1v) is 6.56. The van der Waals surface area contributed by atoms with Crippen LogP contribution in [-0.4, -0.2) is 5.84 Å². The Morgan fingerprint density at radius 3 is 2.43 bits per heavy atom. The van der Waals surface area contributed by atoms with Crippen LogP contribution in [0.25, 0.3) is 0 Å². The lowest BCUT2D eigenvalue weighted by Crippen LogP contribution is -2.14. The van der Waals surface area contributed by atoms with E-state index >= 15 is 0 Å². The largest absolute Gasteiger partial charge is 0.457 e. The Morgan fingerprint density at radius 2 is 1.86 bits per heavy atom. The van der Waals surface area contributed by atoms with Crippen molar-refractivity contribution >= 4 is 21.8 Å². The smallest absolute Gasteiger partial charge is 0.416 e. The van der Waals surface area contributed by atoms with Crippen LogP contribution in [0.15, 0.2) is 46.9 Å². The maximum atomic E-state index is 12.7. The minimum atomic E-state index is -4.50. The Hall–Kier alpha value is -2.02. The number of alkyl halides is 3. The molecule has 0 unspecified atom stereocenters. The van der Waals surface area contributed by atoms with Crippen molar-refractivity contribution < 1.29 is 17.9 Å². The minimum Gasteiger partial charge on any atom is -0.457 e. The number of hydrogen-bond acceptors (Lipinski definition) is 2. The van der Waals surface area contributed by atoms with Crippen LogP contribution in [0.2, 0.25) is 0 Å². The fourth-order valence-electron chi connectivity index (χ4n) is 1.66. The Bertz CT molecular complexity index is 686. The van der Waals surface area contributed by atoms with Gasteiger partial charge in [-0.3, -0.25) is 5.41 Å². The van der Waals surface area contributed by atoms with Crippen molar-refractivity contribution in [3.63, 3.8) is 0 Å². The number of amidine groups is 1. The summed E-state index contributed by atoms with van der Waals surface area (Å²) in [6.45, 7) is 0. The molecule has 0 amide bonds. The maximum Gasteiger partial charge on any atom is 0.416 e. The summed E-state index contributed by atoms with van der Waals surface area (Å²) in [7, 11) is 0. The zero-order chi connectivity index (χ0) is 15.6. The Morgan fingerprint density at radius 1 is 1.14 bits per heavy atom. The normalized spacial score (nSPS) is 11.2. The number of nitrogen functional groups attached to an aromatic ring is 1. The summed E-state index contributed by atoms with van der Waals surface area (Å²) in [6, 6.07) is 9.65. The summed E-state index contributed by atoms with van der Waals surface area (Å²) in [5.41, 5.74) is 4.35. The van der Waals surface area contributed by atoms with Gasteiger partial charge in [-0.25, -0.2) is 0 Å². The summed E-state index contributed by atoms with van der Waals surface area (Å²) in [5, 5.41) is 7.41. The molecule has 0 radical (unpaired) electrons. The van der Waals surface area contributed by atoms with Crippen LogP contribution >= 0.6 is 15.9 Å². The third kappa shape index (κ3) is 3.75. The van der Waals surface area contributed by atoms with Gasteiger partial charge >= 0.3 is 6.18 Å². The second-order valence-corrected chi connectivity index (χ2v) is 5.10. The Kier molecular flexibility index (Phi) is 4.22. The number of halogens is 4. The van der Waals surface area contributed by atoms with Gasteiger partial charge in [-0.05, 0) is 36.4 Å². The molecule has 0 aromatic heterocycles. The molecule has 0 bridgehead atoms. The van der Waals surface area contributed by atoms with E-state index in [0.717, 1.165) is 22.7 Å². The van der Waals surface area contributed by atoms with E-state index in [1.807, 2.05) is 0 Å². The third-order valence-corrected chi connectivity index (χ3v) is 3.11. The number of benzene rings is 2. The molecule has 2 rings (SSSR count). The van der Waals surface area contributed by atoms with Crippen LogP contribution in [0.3, 0.4) is 0 Å². The van der Waals surface area contributed by atoms with Crippen LogP contribution in [0, 0.1) is 5.41 Å². The first-order chi connectivity index (χ1) is 9.77. The highest BCUT2D eigenvalue weighted by molar-refractivity contribution is 9.10. The Labute approximate surface area is 127 Å². The molecular weight excluding hydrogens is 349 g/mol. The molecule has 0 atom stereocenters. The zero-order valence-corrected chi connectivity index (χ0v) is 12.1. The average molecular weight is 359 g/mol. The van der Waals surface area contributed by atoms with Crippen molar-refractivity contribution in [1.82, 2.24) is 0 Å². The van der Waals surface area contributed by atoms with E-state index in [1.54, 1.807) is 24.3 Å². The quantitative estimate of drug-likeness (QED) is 0.624. The van der Waals surface area contributed by atoms with Gasteiger partial charge in [0.1, 0.15) is 17.3 Å². The van der Waals surface area contributed by atoms with Gasteiger partial charge in [0.05, 0.1) is 11.1 Å². The first kappa shape index (κ1) is 15.4. The van der Waals surface area contributed by atoms with Crippen LogP contribution in [0.4, 0.5) is 13.2 Å². The molecule has 2 aromatic carbocycles. The maximum absolute atomic E-state index is 12.7. The van der Waals surface area contributed by atoms with Crippen LogP contribution in [0.1, 0.15) is 11.1 Å². The molecule has 0 heterocycles. The minimum absolute atomic E-state index is 0.0913. The summed E-state index contributed by atoms with van der Waals surface area (Å²) in [5.74, 6) is 0.0198. The zero-order valence-electron chi connectivity index (χ0n) is 10.5. The van der Waals surface area contributed by atoms with Gasteiger partial charge in [0.15, 0.2) is 0 Å². The monoisotopic (exact) mass is 358 g/mol. The van der Waals surface area contributed by atoms with E-state index in [0.29, 0.717) is 5.75 Å². The molecule has 0 aliphatic heterocycles. The summed E-state index contributed by atoms with van der Waals surface area (Å²) >= 11 is 3.26. The molecule has 110 valence electrons. The molecule has 21 heavy (non-hydrogen) atoms. The SMILES string of the molecule is N=C(N)c1cc(C(F)(F)F)ccc1Oc1cccc(Br)c1. The highest BCUT2D eigenvalue weighted by Gasteiger charge is 2.31. The Balaban J connectivity index is 2.42. The summed E-state index contributed by atoms with van der Waals surface area (Å²) in [4.78, 5) is 0. The van der Waals surface area contributed by atoms with Crippen molar-refractivity contribution in [2.75, 3.05) is 0 Å². The molecule has 0 spiro atoms. The number of hydrogen-bond donors (Lipinski definition) is 2. The van der Waals surface area contributed by atoms with E-state index in [4.69, 9.17) is 15.9 Å². The second-order valence-electron chi connectivity index (χ2n) is 4.18. The number of nitrogens with one attached hydrogen (secondary N) is 1. The fourth-order valence-corrected chi connectivity index (χ4v) is 2.04. The van der Waals surface area contributed by atoms with Crippen molar-refractivity contribution in [3.05, 3.63) is 58.1 Å². The highest BCUT2D eigenvalue weighted by Crippen LogP contribution is 2.34. The molecule has 0 aliphatic carbocycles. The predicted molar refractivity (Wildman–Crippen MR) is 76.7 cm³/mol. The van der Waals surface area contributed by atoms with Crippen molar-refractivity contribution in [1.29, 1.82) is 5.41 Å². The van der Waals surface area contributed by atoms with E-state index in [2.05, 4.69) is 15.9 Å². The third-order valence-electron chi connectivity index (χ3n) is 2.62. The van der Waals surface area contributed by atoms with Gasteiger partial charge in [0, 0.05) is 4.47 Å². The van der Waals surface area contributed by atoms with Crippen LogP contribution in [0.5, 0.6) is 11.5 Å². The predicted octanol–water partition coefficient (Wildman–Crippen LogP) is 4.54. The molecule has 0 saturated carbocycles. The molecule has 7 heteroatoms. The van der Waals surface area contributed by atoms with E-state index < -0.39 is 17.6 Å². The van der Waals surface area contributed by atoms with E-state index in [-0.39, 0.29) is 11.3 Å². The van der Waals surface area contributed by atoms with Gasteiger partial charge in [-0.1, -0.05) is 22.0 Å². The van der Waals surface area contributed by atoms with Crippen LogP contribution in [-0.2, 0) is 6.18 Å². The summed E-state index contributed by atoms with van der Waals surface area (Å²) in [6.07, 6.45) is -4.50. The molecule has 2 aromatic rings. The first-order valence-electron chi connectivity index (χ1n) is 5.76. The van der Waals surface area contributed by atoms with Crippen molar-refractivity contribution in [2.24, 2.45) is 5.73 Å². The lowest BCUT2D eigenvalue weighted by atomic mass is 10.1. The van der Waals surface area contributed by atoms with Crippen molar-refractivity contribution in [2.45, 2.75) is 6.18 Å². The topological polar surface area (TPSA) is 59.1 Å². The van der Waals surface area contributed by atoms with Gasteiger partial charge in [0.25, 0.3) is 0 Å². The molecule has 3 nitrogen and oxygen atoms in total. The van der Waals surface area contributed by atoms with Gasteiger partial charge in [0.2, 0.25) is 0 Å². The standard InChI is InChI=1S/C14H10BrF3N2O/c15-9-2-1-3-10(7-9)21-12-5-4-8(14(16,17)18)6-11(12)13(19)20/h1-7H,(H3,19,20). The number of ether oxygens (including phenoxy) is 1. The van der Waals surface area contributed by atoms with E-state index in [1.165, 1.54) is 0 Å². The molecule has 0 aliphatic rings. The van der Waals surface area contributed by atoms with Crippen LogP contribution < -0.4 is 10.5 Å². The number of rotatable bonds is 3. The lowest BCUT2D eigenvalue weighted by molar-refractivity contribution is -0.137. The lowest BCUT2D eigenvalue weighted by Gasteiger charge is -2.13. The highest BCUT2D eigenvalue weighted by atomic mass is 79.9.